The molecule has 0 aliphatic carbocycles. The second kappa shape index (κ2) is 7.44. The minimum atomic E-state index is -3.93. The zero-order valence-electron chi connectivity index (χ0n) is 14.0. The third-order valence-electron chi connectivity index (χ3n) is 3.18. The van der Waals surface area contributed by atoms with Crippen LogP contribution in [0.5, 0.6) is 0 Å². The molecule has 0 unspecified atom stereocenters. The summed E-state index contributed by atoms with van der Waals surface area (Å²) < 4.78 is 54.5. The molecule has 3 N–H and O–H groups in total. The van der Waals surface area contributed by atoms with Crippen LogP contribution < -0.4 is 9.86 Å². The van der Waals surface area contributed by atoms with Gasteiger partial charge in [0, 0.05) is 5.69 Å². The summed E-state index contributed by atoms with van der Waals surface area (Å²) in [7, 11) is -7.83. The Kier molecular flexibility index (Phi) is 5.69. The van der Waals surface area contributed by atoms with Crippen LogP contribution in [0.2, 0.25) is 0 Å². The molecule has 2 aromatic rings. The first-order chi connectivity index (χ1) is 12.0. The number of nitrogens with two attached hydrogens (primary N) is 1. The van der Waals surface area contributed by atoms with Crippen LogP contribution in [0.15, 0.2) is 58.3 Å². The van der Waals surface area contributed by atoms with E-state index in [1.807, 2.05) is 0 Å². The van der Waals surface area contributed by atoms with E-state index in [9.17, 15) is 21.6 Å². The van der Waals surface area contributed by atoms with Gasteiger partial charge in [0.05, 0.1) is 21.5 Å². The molecule has 8 nitrogen and oxygen atoms in total. The summed E-state index contributed by atoms with van der Waals surface area (Å²) in [5.74, 6) is -0.506. The van der Waals surface area contributed by atoms with Crippen LogP contribution in [-0.4, -0.2) is 28.9 Å². The average molecular weight is 398 g/mol. The second-order valence-corrected chi connectivity index (χ2v) is 8.90. The van der Waals surface area contributed by atoms with Gasteiger partial charge in [-0.3, -0.25) is 4.72 Å². The summed E-state index contributed by atoms with van der Waals surface area (Å²) >= 11 is 0. The molecule has 0 aliphatic heterocycles. The predicted molar refractivity (Wildman–Crippen MR) is 95.6 cm³/mol. The number of sulfonamides is 2. The van der Waals surface area contributed by atoms with Crippen LogP contribution in [0.4, 0.5) is 5.69 Å². The Bertz CT molecular complexity index is 996. The molecule has 0 heterocycles. The fourth-order valence-electron chi connectivity index (χ4n) is 1.98. The van der Waals surface area contributed by atoms with E-state index in [-0.39, 0.29) is 21.6 Å². The topological polar surface area (TPSA) is 133 Å². The first kappa shape index (κ1) is 19.9. The van der Waals surface area contributed by atoms with Gasteiger partial charge in [0.2, 0.25) is 10.0 Å². The van der Waals surface area contributed by atoms with Crippen molar-refractivity contribution < 1.29 is 26.4 Å². The standard InChI is InChI=1S/C16H18N2O6S2/c1-11(2)24-16(19)12-3-5-13(6-4-12)18-26(22,23)15-9-7-14(8-10-15)25(17,20)21/h3-11,18H,1-2H3,(H2,17,20,21). The van der Waals surface area contributed by atoms with Crippen LogP contribution in [0.1, 0.15) is 24.2 Å². The lowest BCUT2D eigenvalue weighted by atomic mass is 10.2. The third kappa shape index (κ3) is 5.04. The van der Waals surface area contributed by atoms with E-state index in [2.05, 4.69) is 4.72 Å². The Morgan fingerprint density at radius 3 is 1.88 bits per heavy atom. The number of esters is 1. The average Bonchev–Trinajstić information content (AvgIpc) is 2.54. The number of carbonyl (C=O) groups excluding carboxylic acids is 1. The highest BCUT2D eigenvalue weighted by Crippen LogP contribution is 2.18. The number of hydrogen-bond donors (Lipinski definition) is 2. The van der Waals surface area contributed by atoms with Crippen LogP contribution >= 0.6 is 0 Å². The third-order valence-corrected chi connectivity index (χ3v) is 5.50. The molecule has 0 spiro atoms. The zero-order chi connectivity index (χ0) is 19.5. The number of hydrogen-bond acceptors (Lipinski definition) is 6. The van der Waals surface area contributed by atoms with E-state index < -0.39 is 26.0 Å². The van der Waals surface area contributed by atoms with Crippen molar-refractivity contribution in [2.45, 2.75) is 29.7 Å². The fraction of sp³-hybridized carbons (Fsp3) is 0.188. The van der Waals surface area contributed by atoms with Crippen LogP contribution in [0.25, 0.3) is 0 Å². The minimum absolute atomic E-state index is 0.131. The highest BCUT2D eigenvalue weighted by molar-refractivity contribution is 7.92. The first-order valence-corrected chi connectivity index (χ1v) is 10.5. The normalized spacial score (nSPS) is 12.0. The van der Waals surface area contributed by atoms with Crippen molar-refractivity contribution in [1.29, 1.82) is 0 Å². The van der Waals surface area contributed by atoms with Gasteiger partial charge >= 0.3 is 5.97 Å². The molecule has 0 fully saturated rings. The number of anilines is 1. The van der Waals surface area contributed by atoms with E-state index in [4.69, 9.17) is 9.88 Å². The molecule has 26 heavy (non-hydrogen) atoms. The molecule has 0 amide bonds. The van der Waals surface area contributed by atoms with Crippen molar-refractivity contribution in [3.8, 4) is 0 Å². The number of ether oxygens (including phenoxy) is 1. The Labute approximate surface area is 152 Å². The number of carbonyl (C=O) groups is 1. The van der Waals surface area contributed by atoms with Crippen LogP contribution in [0, 0.1) is 0 Å². The lowest BCUT2D eigenvalue weighted by Gasteiger charge is -2.10. The largest absolute Gasteiger partial charge is 0.459 e. The quantitative estimate of drug-likeness (QED) is 0.712. The molecule has 140 valence electrons. The Morgan fingerprint density at radius 2 is 1.42 bits per heavy atom. The van der Waals surface area contributed by atoms with Gasteiger partial charge in [-0.2, -0.15) is 0 Å². The van der Waals surface area contributed by atoms with Crippen molar-refractivity contribution >= 4 is 31.7 Å². The van der Waals surface area contributed by atoms with Gasteiger partial charge in [-0.25, -0.2) is 26.8 Å². The van der Waals surface area contributed by atoms with E-state index in [0.29, 0.717) is 5.56 Å². The summed E-state index contributed by atoms with van der Waals surface area (Å²) in [6, 6.07) is 10.2. The van der Waals surface area contributed by atoms with E-state index in [1.54, 1.807) is 13.8 Å². The first-order valence-electron chi connectivity index (χ1n) is 7.46. The number of benzene rings is 2. The van der Waals surface area contributed by atoms with E-state index in [0.717, 1.165) is 24.3 Å². The van der Waals surface area contributed by atoms with Gasteiger partial charge in [-0.15, -0.1) is 0 Å². The molecule has 0 saturated heterocycles. The van der Waals surface area contributed by atoms with Gasteiger partial charge < -0.3 is 4.74 Å². The Hall–Kier alpha value is -2.43. The maximum atomic E-state index is 12.3. The Morgan fingerprint density at radius 1 is 0.923 bits per heavy atom. The van der Waals surface area contributed by atoms with Crippen molar-refractivity contribution in [2.24, 2.45) is 5.14 Å². The maximum Gasteiger partial charge on any atom is 0.338 e. The van der Waals surface area contributed by atoms with Crippen LogP contribution in [-0.2, 0) is 24.8 Å². The lowest BCUT2D eigenvalue weighted by molar-refractivity contribution is 0.0378. The molecule has 0 radical (unpaired) electrons. The second-order valence-electron chi connectivity index (χ2n) is 5.65. The molecule has 0 saturated carbocycles. The Balaban J connectivity index is 2.17. The molecule has 2 aromatic carbocycles. The molecule has 10 heteroatoms. The number of primary sulfonamides is 1. The van der Waals surface area contributed by atoms with Crippen LogP contribution in [0.3, 0.4) is 0 Å². The lowest BCUT2D eigenvalue weighted by Crippen LogP contribution is -2.15. The fourth-order valence-corrected chi connectivity index (χ4v) is 3.55. The van der Waals surface area contributed by atoms with E-state index in [1.165, 1.54) is 24.3 Å². The summed E-state index contributed by atoms with van der Waals surface area (Å²) in [5.41, 5.74) is 0.528. The molecule has 2 rings (SSSR count). The minimum Gasteiger partial charge on any atom is -0.459 e. The van der Waals surface area contributed by atoms with Gasteiger partial charge in [0.25, 0.3) is 10.0 Å². The SMILES string of the molecule is CC(C)OC(=O)c1ccc(NS(=O)(=O)c2ccc(S(N)(=O)=O)cc2)cc1. The van der Waals surface area contributed by atoms with Gasteiger partial charge in [0.15, 0.2) is 0 Å². The van der Waals surface area contributed by atoms with Crippen molar-refractivity contribution in [3.05, 3.63) is 54.1 Å². The molecular formula is C16H18N2O6S2. The number of nitrogens with one attached hydrogen (secondary N) is 1. The highest BCUT2D eigenvalue weighted by atomic mass is 32.2. The summed E-state index contributed by atoms with van der Waals surface area (Å²) in [4.78, 5) is 11.4. The number of rotatable bonds is 6. The molecule has 0 aliphatic rings. The van der Waals surface area contributed by atoms with E-state index >= 15 is 0 Å². The van der Waals surface area contributed by atoms with Crippen molar-refractivity contribution in [3.63, 3.8) is 0 Å². The zero-order valence-corrected chi connectivity index (χ0v) is 15.7. The maximum absolute atomic E-state index is 12.3. The smallest absolute Gasteiger partial charge is 0.338 e. The molecule has 0 bridgehead atoms. The van der Waals surface area contributed by atoms with Crippen molar-refractivity contribution in [1.82, 2.24) is 0 Å². The van der Waals surface area contributed by atoms with Gasteiger partial charge in [-0.1, -0.05) is 0 Å². The summed E-state index contributed by atoms with van der Waals surface area (Å²) in [5, 5.41) is 4.98. The molecular weight excluding hydrogens is 380 g/mol. The van der Waals surface area contributed by atoms with Gasteiger partial charge in [0.1, 0.15) is 0 Å². The molecule has 0 atom stereocenters. The van der Waals surface area contributed by atoms with Crippen molar-refractivity contribution in [2.75, 3.05) is 4.72 Å². The van der Waals surface area contributed by atoms with Gasteiger partial charge in [-0.05, 0) is 62.4 Å². The summed E-state index contributed by atoms with van der Waals surface area (Å²) in [6.45, 7) is 3.45. The monoisotopic (exact) mass is 398 g/mol. The predicted octanol–water partition coefficient (Wildman–Crippen LogP) is 1.70. The summed E-state index contributed by atoms with van der Waals surface area (Å²) in [6.07, 6.45) is -0.263. The highest BCUT2D eigenvalue weighted by Gasteiger charge is 2.16. The molecule has 0 aromatic heterocycles.